The number of phenolic OH excluding ortho intramolecular Hbond substituents is 1. The van der Waals surface area contributed by atoms with Crippen LogP contribution in [0.5, 0.6) is 11.5 Å². The fourth-order valence-corrected chi connectivity index (χ4v) is 5.06. The average molecular weight is 527 g/mol. The zero-order valence-electron chi connectivity index (χ0n) is 22.9. The highest BCUT2D eigenvalue weighted by Crippen LogP contribution is 2.41. The number of rotatable bonds is 8. The van der Waals surface area contributed by atoms with Gasteiger partial charge in [-0.15, -0.1) is 0 Å². The number of aromatic nitrogens is 2. The molecule has 2 unspecified atom stereocenters. The lowest BCUT2D eigenvalue weighted by Crippen LogP contribution is -2.40. The molecule has 3 N–H and O–H groups in total. The first-order valence-corrected chi connectivity index (χ1v) is 13.0. The lowest BCUT2D eigenvalue weighted by molar-refractivity contribution is -0.119. The van der Waals surface area contributed by atoms with Gasteiger partial charge in [0.25, 0.3) is 0 Å². The van der Waals surface area contributed by atoms with Crippen molar-refractivity contribution in [3.63, 3.8) is 0 Å². The van der Waals surface area contributed by atoms with Crippen LogP contribution in [0.3, 0.4) is 0 Å². The maximum Gasteiger partial charge on any atom is 0.424 e. The number of methoxy groups -OCH3 is 1. The first-order valence-electron chi connectivity index (χ1n) is 13.0. The van der Waals surface area contributed by atoms with Crippen molar-refractivity contribution in [2.75, 3.05) is 33.6 Å². The van der Waals surface area contributed by atoms with Crippen molar-refractivity contribution in [2.45, 2.75) is 64.0 Å². The Morgan fingerprint density at radius 3 is 2.63 bits per heavy atom. The molecular formula is C27H38N6O5. The summed E-state index contributed by atoms with van der Waals surface area (Å²) in [5.41, 5.74) is 3.36. The minimum atomic E-state index is -0.376. The highest BCUT2D eigenvalue weighted by atomic mass is 16.6. The molecule has 1 fully saturated rings. The number of anilines is 1. The highest BCUT2D eigenvalue weighted by Gasteiger charge is 2.34. The van der Waals surface area contributed by atoms with E-state index in [1.807, 2.05) is 19.9 Å². The van der Waals surface area contributed by atoms with Crippen LogP contribution < -0.4 is 10.1 Å². The molecule has 1 aromatic heterocycles. The van der Waals surface area contributed by atoms with Crippen molar-refractivity contribution < 1.29 is 24.2 Å². The molecule has 2 amide bonds. The van der Waals surface area contributed by atoms with Gasteiger partial charge in [0, 0.05) is 68.6 Å². The Kier molecular flexibility index (Phi) is 8.25. The molecule has 1 saturated carbocycles. The zero-order chi connectivity index (χ0) is 27.6. The van der Waals surface area contributed by atoms with E-state index in [9.17, 15) is 14.7 Å². The largest absolute Gasteiger partial charge is 0.507 e. The third-order valence-electron chi connectivity index (χ3n) is 7.33. The van der Waals surface area contributed by atoms with Crippen molar-refractivity contribution in [3.05, 3.63) is 34.5 Å². The number of carbonyl (C=O) groups is 2. The zero-order valence-corrected chi connectivity index (χ0v) is 22.9. The Morgan fingerprint density at radius 2 is 1.95 bits per heavy atom. The van der Waals surface area contributed by atoms with Gasteiger partial charge in [-0.1, -0.05) is 0 Å². The number of ether oxygens (including phenoxy) is 2. The van der Waals surface area contributed by atoms with Gasteiger partial charge in [0.2, 0.25) is 5.91 Å². The van der Waals surface area contributed by atoms with Gasteiger partial charge in [0.15, 0.2) is 5.82 Å². The van der Waals surface area contributed by atoms with Crippen molar-refractivity contribution in [1.82, 2.24) is 20.2 Å². The number of phenols is 1. The van der Waals surface area contributed by atoms with E-state index in [2.05, 4.69) is 20.5 Å². The summed E-state index contributed by atoms with van der Waals surface area (Å²) in [5.74, 6) is 0.835. The fraction of sp³-hybridized carbons (Fsp3) is 0.556. The fourth-order valence-electron chi connectivity index (χ4n) is 5.06. The van der Waals surface area contributed by atoms with Gasteiger partial charge >= 0.3 is 6.09 Å². The topological polar surface area (TPSA) is 132 Å². The third kappa shape index (κ3) is 5.93. The van der Waals surface area contributed by atoms with Gasteiger partial charge in [-0.05, 0) is 57.1 Å². The summed E-state index contributed by atoms with van der Waals surface area (Å²) >= 11 is 0. The van der Waals surface area contributed by atoms with Crippen molar-refractivity contribution in [3.8, 4) is 11.5 Å². The van der Waals surface area contributed by atoms with Crippen LogP contribution in [0.2, 0.25) is 0 Å². The summed E-state index contributed by atoms with van der Waals surface area (Å²) in [4.78, 5) is 29.9. The van der Waals surface area contributed by atoms with Crippen LogP contribution >= 0.6 is 0 Å². The molecule has 38 heavy (non-hydrogen) atoms. The second kappa shape index (κ2) is 11.4. The number of H-pyrrole nitrogens is 1. The number of aliphatic imine (C=N–C) groups is 1. The summed E-state index contributed by atoms with van der Waals surface area (Å²) in [6.45, 7) is 3.93. The van der Waals surface area contributed by atoms with Gasteiger partial charge in [-0.2, -0.15) is 5.10 Å². The van der Waals surface area contributed by atoms with Gasteiger partial charge in [0.1, 0.15) is 17.6 Å². The molecule has 1 heterocycles. The Morgan fingerprint density at radius 1 is 1.21 bits per heavy atom. The quantitative estimate of drug-likeness (QED) is 0.354. The maximum absolute atomic E-state index is 13.2. The standard InChI is InChI=1S/C27H38N6O5/c1-15(2)28-14-21-19-10-17(11-20(19)24(37-6)13-23(21)34)26(35)29-25-12-22(30-31-25)16-7-8-18(9-16)38-27(36)33(5)32(3)4/h12-18,34H,7-11H2,1-6H3,(H2,29,30,31,35)/t16?,17?,18-/m1/s1. The summed E-state index contributed by atoms with van der Waals surface area (Å²) in [5, 5.41) is 23.9. The number of amides is 2. The summed E-state index contributed by atoms with van der Waals surface area (Å²) < 4.78 is 11.1. The van der Waals surface area contributed by atoms with Crippen LogP contribution in [0.15, 0.2) is 17.1 Å². The normalized spacial score (nSPS) is 20.8. The number of aromatic amines is 1. The monoisotopic (exact) mass is 526 g/mol. The molecule has 0 bridgehead atoms. The van der Waals surface area contributed by atoms with Gasteiger partial charge in [0.05, 0.1) is 7.11 Å². The number of carbonyl (C=O) groups excluding carboxylic acids is 2. The summed E-state index contributed by atoms with van der Waals surface area (Å²) in [7, 11) is 6.79. The summed E-state index contributed by atoms with van der Waals surface area (Å²) in [6.07, 6.45) is 4.46. The molecule has 206 valence electrons. The van der Waals surface area contributed by atoms with Gasteiger partial charge < -0.3 is 19.9 Å². The average Bonchev–Trinajstić information content (AvgIpc) is 3.62. The Hall–Kier alpha value is -3.60. The third-order valence-corrected chi connectivity index (χ3v) is 7.33. The van der Waals surface area contributed by atoms with E-state index in [0.29, 0.717) is 36.4 Å². The lowest BCUT2D eigenvalue weighted by atomic mass is 10.0. The number of nitrogens with zero attached hydrogens (tertiary/aromatic N) is 4. The van der Waals surface area contributed by atoms with Crippen molar-refractivity contribution in [2.24, 2.45) is 10.9 Å². The molecule has 2 aliphatic rings. The molecule has 4 rings (SSSR count). The van der Waals surface area contributed by atoms with Crippen LogP contribution in [0.25, 0.3) is 0 Å². The second-order valence-corrected chi connectivity index (χ2v) is 10.5. The van der Waals surface area contributed by atoms with E-state index in [1.165, 1.54) is 5.01 Å². The Balaban J connectivity index is 1.39. The van der Waals surface area contributed by atoms with Crippen LogP contribution in [0, 0.1) is 5.92 Å². The number of hydrogen-bond donors (Lipinski definition) is 3. The first kappa shape index (κ1) is 27.4. The minimum absolute atomic E-state index is 0.0862. The number of hydrazine groups is 1. The van der Waals surface area contributed by atoms with E-state index < -0.39 is 0 Å². The molecule has 11 heteroatoms. The minimum Gasteiger partial charge on any atom is -0.507 e. The van der Waals surface area contributed by atoms with Crippen LogP contribution in [0.1, 0.15) is 61.4 Å². The predicted octanol–water partition coefficient (Wildman–Crippen LogP) is 3.49. The van der Waals surface area contributed by atoms with Gasteiger partial charge in [-0.25, -0.2) is 14.8 Å². The van der Waals surface area contributed by atoms with Crippen molar-refractivity contribution >= 4 is 24.0 Å². The highest BCUT2D eigenvalue weighted by molar-refractivity contribution is 5.94. The van der Waals surface area contributed by atoms with Crippen LogP contribution in [-0.2, 0) is 22.4 Å². The molecule has 1 aromatic carbocycles. The van der Waals surface area contributed by atoms with Crippen molar-refractivity contribution in [1.29, 1.82) is 0 Å². The number of aromatic hydroxyl groups is 1. The predicted molar refractivity (Wildman–Crippen MR) is 144 cm³/mol. The maximum atomic E-state index is 13.2. The molecule has 2 aromatic rings. The SMILES string of the molecule is COc1cc(O)c(C=NC(C)C)c2c1CC(C(=O)Nc1cc(C3CC[C@@H](OC(=O)N(C)N(C)C)C3)[nH]n1)C2. The lowest BCUT2D eigenvalue weighted by Gasteiger charge is -2.25. The summed E-state index contributed by atoms with van der Waals surface area (Å²) in [6, 6.07) is 3.53. The molecule has 0 aliphatic heterocycles. The molecule has 0 saturated heterocycles. The molecule has 2 aliphatic carbocycles. The molecule has 3 atom stereocenters. The molecule has 0 spiro atoms. The molecular weight excluding hydrogens is 488 g/mol. The number of benzene rings is 1. The molecule has 11 nitrogen and oxygen atoms in total. The smallest absolute Gasteiger partial charge is 0.424 e. The van der Waals surface area contributed by atoms with E-state index >= 15 is 0 Å². The van der Waals surface area contributed by atoms with Crippen LogP contribution in [0.4, 0.5) is 10.6 Å². The van der Waals surface area contributed by atoms with E-state index in [1.54, 1.807) is 45.5 Å². The van der Waals surface area contributed by atoms with E-state index in [0.717, 1.165) is 29.7 Å². The number of nitrogens with one attached hydrogen (secondary N) is 2. The van der Waals surface area contributed by atoms with E-state index in [4.69, 9.17) is 9.47 Å². The Bertz CT molecular complexity index is 1210. The Labute approximate surface area is 223 Å². The second-order valence-electron chi connectivity index (χ2n) is 10.5. The first-order chi connectivity index (χ1) is 18.1. The van der Waals surface area contributed by atoms with Crippen LogP contribution in [-0.4, -0.2) is 83.9 Å². The molecule has 0 radical (unpaired) electrons. The van der Waals surface area contributed by atoms with E-state index in [-0.39, 0.29) is 41.7 Å². The van der Waals surface area contributed by atoms with Gasteiger partial charge in [-0.3, -0.25) is 14.9 Å². The number of hydrogen-bond acceptors (Lipinski definition) is 8. The number of fused-ring (bicyclic) bond motifs is 1.